The predicted octanol–water partition coefficient (Wildman–Crippen LogP) is 19.7. The van der Waals surface area contributed by atoms with Gasteiger partial charge in [-0.15, -0.1) is 0 Å². The highest BCUT2D eigenvalue weighted by Crippen LogP contribution is 2.39. The first-order chi connectivity index (χ1) is 42.1. The summed E-state index contributed by atoms with van der Waals surface area (Å²) in [6.07, 6.45) is 0.970. The van der Waals surface area contributed by atoms with Gasteiger partial charge < -0.3 is 23.8 Å². The topological polar surface area (TPSA) is 130 Å². The molecule has 488 valence electrons. The van der Waals surface area contributed by atoms with E-state index in [0.29, 0.717) is 19.1 Å². The summed E-state index contributed by atoms with van der Waals surface area (Å²) in [6.45, 7) is 64.0. The van der Waals surface area contributed by atoms with Gasteiger partial charge in [-0.3, -0.25) is 19.9 Å². The molecule has 0 spiro atoms. The van der Waals surface area contributed by atoms with Crippen molar-refractivity contribution < 1.29 is 18.9 Å². The Morgan fingerprint density at radius 1 is 0.311 bits per heavy atom. The standard InChI is InChI=1S/C15H19N.2C13H16N2.C12H17NO.C9H11NO2.C9H11NO.3C2H6.CH4/c1-8-7-9(2)15-14(10(8)3)12(5)11(4)13(6)16-15;1-7-6-8(2)14-13-10(4)9(3)11(5)15-12(7)13;1-7-6-8(2)12-13(9(7)3)15-11(5)10(4)14-12;1-8-7-9(2)12-11(10(8)3)13(4)5-6-14-12;1-6-5-7(2)10-9-8(6)11-3-4-12-9;1-6-5-7(2)10-8-3-4-11-9(6)8;3*1-2;/h7H,1-6H3;2*6H,1-5H3;7H,5-6H2,1-4H3;5H,3-4H2,1-2H3;5H,3-4H2,1-2H3;3*1-2H3;1H4. The zero-order valence-electron chi connectivity index (χ0n) is 60.4. The van der Waals surface area contributed by atoms with Crippen molar-refractivity contribution in [3.63, 3.8) is 0 Å². The van der Waals surface area contributed by atoms with Crippen molar-refractivity contribution in [2.75, 3.05) is 44.9 Å². The molecule has 0 bridgehead atoms. The van der Waals surface area contributed by atoms with Gasteiger partial charge in [0.1, 0.15) is 31.3 Å². The fraction of sp³-hybridized carbons (Fsp3) is 0.474. The smallest absolute Gasteiger partial charge is 0.257 e. The highest BCUT2D eigenvalue weighted by Gasteiger charge is 2.21. The number of hydrogen-bond donors (Lipinski definition) is 0. The molecule has 9 heterocycles. The Morgan fingerprint density at radius 3 is 1.31 bits per heavy atom. The summed E-state index contributed by atoms with van der Waals surface area (Å²) in [6, 6.07) is 12.8. The van der Waals surface area contributed by atoms with Gasteiger partial charge in [-0.25, -0.2) is 15.0 Å². The van der Waals surface area contributed by atoms with E-state index in [1.165, 1.54) is 100 Å². The number of rotatable bonds is 0. The number of hydrogen-bond acceptors (Lipinski definition) is 12. The first-order valence-electron chi connectivity index (χ1n) is 32.2. The van der Waals surface area contributed by atoms with Crippen molar-refractivity contribution in [1.82, 2.24) is 34.9 Å². The maximum absolute atomic E-state index is 5.72. The maximum Gasteiger partial charge on any atom is 0.257 e. The Balaban J connectivity index is 0.000000277. The minimum Gasteiger partial charge on any atom is -0.491 e. The summed E-state index contributed by atoms with van der Waals surface area (Å²) in [7, 11) is 2.13. The molecule has 9 aromatic rings. The van der Waals surface area contributed by atoms with E-state index >= 15 is 0 Å². The number of aryl methyl sites for hydroxylation is 20. The molecular formula is C78H112N8O4. The van der Waals surface area contributed by atoms with Gasteiger partial charge in [0.05, 0.1) is 63.5 Å². The Hall–Kier alpha value is -7.73. The molecule has 0 N–H and O–H groups in total. The minimum atomic E-state index is 0. The molecule has 0 amide bonds. The van der Waals surface area contributed by atoms with E-state index < -0.39 is 0 Å². The van der Waals surface area contributed by atoms with Crippen LogP contribution in [0.4, 0.5) is 5.69 Å². The van der Waals surface area contributed by atoms with E-state index in [2.05, 4.69) is 190 Å². The summed E-state index contributed by atoms with van der Waals surface area (Å²) < 4.78 is 21.9. The number of anilines is 1. The van der Waals surface area contributed by atoms with Crippen molar-refractivity contribution in [1.29, 1.82) is 0 Å². The second-order valence-electron chi connectivity index (χ2n) is 23.2. The molecular weight excluding hydrogens is 1110 g/mol. The van der Waals surface area contributed by atoms with Gasteiger partial charge in [-0.1, -0.05) is 67.2 Å². The van der Waals surface area contributed by atoms with Crippen LogP contribution in [0.2, 0.25) is 0 Å². The van der Waals surface area contributed by atoms with Crippen LogP contribution in [0.25, 0.3) is 33.0 Å². The molecule has 0 saturated heterocycles. The molecule has 0 atom stereocenters. The van der Waals surface area contributed by atoms with Gasteiger partial charge in [0, 0.05) is 47.3 Å². The molecule has 3 aliphatic heterocycles. The highest BCUT2D eigenvalue weighted by molar-refractivity contribution is 5.90. The highest BCUT2D eigenvalue weighted by atomic mass is 16.6. The van der Waals surface area contributed by atoms with Crippen LogP contribution in [0.1, 0.15) is 184 Å². The number of ether oxygens (including phenoxy) is 4. The first-order valence-corrected chi connectivity index (χ1v) is 32.2. The largest absolute Gasteiger partial charge is 0.491 e. The third-order valence-electron chi connectivity index (χ3n) is 16.7. The Kier molecular flexibility index (Phi) is 29.3. The van der Waals surface area contributed by atoms with Gasteiger partial charge >= 0.3 is 0 Å². The quantitative estimate of drug-likeness (QED) is 0.143. The van der Waals surface area contributed by atoms with Crippen molar-refractivity contribution in [3.05, 3.63) is 171 Å². The van der Waals surface area contributed by atoms with Crippen LogP contribution in [0, 0.1) is 159 Å². The third kappa shape index (κ3) is 18.0. The number of aromatic nitrogens is 7. The number of fused-ring (bicyclic) bond motifs is 6. The van der Waals surface area contributed by atoms with Crippen molar-refractivity contribution >= 4 is 38.7 Å². The molecule has 6 aromatic heterocycles. The third-order valence-corrected chi connectivity index (χ3v) is 16.7. The van der Waals surface area contributed by atoms with Crippen LogP contribution in [0.3, 0.4) is 0 Å². The fourth-order valence-electron chi connectivity index (χ4n) is 11.1. The van der Waals surface area contributed by atoms with Crippen LogP contribution in [0.5, 0.6) is 23.1 Å². The monoisotopic (exact) mass is 1220 g/mol. The van der Waals surface area contributed by atoms with Crippen LogP contribution in [-0.2, 0) is 6.42 Å². The SMILES string of the molecule is C.CC.CC.CC.Cc1cc(C)c2c(c1C)N(C)CCO2.Cc1cc(C)c2c(n1)CCO2.Cc1cc(C)c2c(n1)OCCO2.Cc1cc(C)c2nc(C)c(C)c(C)c2c1C.Cc1cc(C)c2nc(C)c(C)c(C)c2n1.Cc1cc(C)c2nc(C)c(C)nc2c1C. The van der Waals surface area contributed by atoms with Crippen molar-refractivity contribution in [3.8, 4) is 23.1 Å². The Labute approximate surface area is 543 Å². The molecule has 3 aromatic carbocycles. The average molecular weight is 1230 g/mol. The molecule has 0 unspecified atom stereocenters. The molecule has 0 radical (unpaired) electrons. The lowest BCUT2D eigenvalue weighted by molar-refractivity contribution is 0.163. The van der Waals surface area contributed by atoms with E-state index in [4.69, 9.17) is 23.9 Å². The Bertz CT molecular complexity index is 3920. The minimum absolute atomic E-state index is 0. The summed E-state index contributed by atoms with van der Waals surface area (Å²) in [5.41, 5.74) is 35.6. The zero-order chi connectivity index (χ0) is 67.0. The number of benzene rings is 3. The Morgan fingerprint density at radius 2 is 0.711 bits per heavy atom. The second kappa shape index (κ2) is 34.5. The molecule has 12 heteroatoms. The molecule has 12 nitrogen and oxygen atoms in total. The number of nitrogens with zero attached hydrogens (tertiary/aromatic N) is 8. The lowest BCUT2D eigenvalue weighted by Crippen LogP contribution is -2.30. The molecule has 12 rings (SSSR count). The van der Waals surface area contributed by atoms with E-state index in [0.717, 1.165) is 117 Å². The van der Waals surface area contributed by atoms with Crippen molar-refractivity contribution in [2.45, 2.75) is 215 Å². The lowest BCUT2D eigenvalue weighted by atomic mass is 9.94. The zero-order valence-corrected chi connectivity index (χ0v) is 60.4. The van der Waals surface area contributed by atoms with Crippen molar-refractivity contribution in [2.24, 2.45) is 0 Å². The normalized spacial score (nSPS) is 11.9. The maximum atomic E-state index is 5.72. The van der Waals surface area contributed by atoms with E-state index in [9.17, 15) is 0 Å². The van der Waals surface area contributed by atoms with Crippen LogP contribution in [-0.4, -0.2) is 74.9 Å². The molecule has 0 saturated carbocycles. The summed E-state index contributed by atoms with van der Waals surface area (Å²) in [4.78, 5) is 34.1. The van der Waals surface area contributed by atoms with Gasteiger partial charge in [-0.2, -0.15) is 0 Å². The molecule has 0 aliphatic carbocycles. The van der Waals surface area contributed by atoms with Gasteiger partial charge in [0.2, 0.25) is 0 Å². The van der Waals surface area contributed by atoms with Gasteiger partial charge in [-0.05, 0) is 266 Å². The molecule has 3 aliphatic rings. The molecule has 90 heavy (non-hydrogen) atoms. The molecule has 0 fully saturated rings. The number of likely N-dealkylation sites (N-methyl/N-ethyl adjacent to an activating group) is 1. The lowest BCUT2D eigenvalue weighted by Gasteiger charge is -2.31. The van der Waals surface area contributed by atoms with Crippen LogP contribution in [0.15, 0.2) is 36.4 Å². The number of pyridine rings is 5. The average Bonchev–Trinajstić information content (AvgIpc) is 1.75. The summed E-state index contributed by atoms with van der Waals surface area (Å²) in [5, 5.41) is 1.35. The second-order valence-corrected chi connectivity index (χ2v) is 23.2. The summed E-state index contributed by atoms with van der Waals surface area (Å²) in [5.74, 6) is 3.52. The van der Waals surface area contributed by atoms with Crippen LogP contribution >= 0.6 is 0 Å². The van der Waals surface area contributed by atoms with E-state index in [1.807, 2.05) is 89.2 Å². The first kappa shape index (κ1) is 76.5. The van der Waals surface area contributed by atoms with Gasteiger partial charge in [0.15, 0.2) is 5.75 Å². The predicted molar refractivity (Wildman–Crippen MR) is 384 cm³/mol. The van der Waals surface area contributed by atoms with E-state index in [1.54, 1.807) is 0 Å². The fourth-order valence-corrected chi connectivity index (χ4v) is 11.1. The van der Waals surface area contributed by atoms with Gasteiger partial charge in [0.25, 0.3) is 5.88 Å². The summed E-state index contributed by atoms with van der Waals surface area (Å²) >= 11 is 0. The van der Waals surface area contributed by atoms with E-state index in [-0.39, 0.29) is 7.43 Å². The van der Waals surface area contributed by atoms with Crippen LogP contribution < -0.4 is 23.8 Å².